The Bertz CT molecular complexity index is 874. The summed E-state index contributed by atoms with van der Waals surface area (Å²) in [4.78, 5) is 26.7. The molecule has 5 rings (SSSR count). The molecule has 3 fully saturated rings. The summed E-state index contributed by atoms with van der Waals surface area (Å²) in [6, 6.07) is 9.63. The van der Waals surface area contributed by atoms with E-state index in [1.807, 2.05) is 30.3 Å². The van der Waals surface area contributed by atoms with Crippen molar-refractivity contribution in [3.63, 3.8) is 0 Å². The zero-order chi connectivity index (χ0) is 20.9. The van der Waals surface area contributed by atoms with Crippen LogP contribution in [0, 0.1) is 28.6 Å². The molecule has 4 aliphatic rings. The number of fused-ring (bicyclic) bond motifs is 5. The zero-order valence-corrected chi connectivity index (χ0v) is 17.8. The molecule has 0 bridgehead atoms. The van der Waals surface area contributed by atoms with Crippen LogP contribution in [0.5, 0.6) is 0 Å². The van der Waals surface area contributed by atoms with Crippen LogP contribution >= 0.6 is 0 Å². The molecule has 1 aromatic rings. The molecule has 1 aromatic carbocycles. The van der Waals surface area contributed by atoms with E-state index in [-0.39, 0.29) is 30.7 Å². The van der Waals surface area contributed by atoms with Crippen LogP contribution in [0.15, 0.2) is 42.0 Å². The lowest BCUT2D eigenvalue weighted by atomic mass is 9.46. The van der Waals surface area contributed by atoms with E-state index in [1.165, 1.54) is 19.3 Å². The van der Waals surface area contributed by atoms with Gasteiger partial charge in [-0.1, -0.05) is 49.2 Å². The Labute approximate surface area is 178 Å². The Kier molecular flexibility index (Phi) is 4.98. The molecule has 0 radical (unpaired) electrons. The number of ether oxygens (including phenoxy) is 1. The van der Waals surface area contributed by atoms with Crippen LogP contribution in [0.3, 0.4) is 0 Å². The monoisotopic (exact) mass is 408 g/mol. The molecule has 0 saturated heterocycles. The number of benzene rings is 1. The summed E-state index contributed by atoms with van der Waals surface area (Å²) in [5.41, 5.74) is 1.26. The van der Waals surface area contributed by atoms with Gasteiger partial charge in [-0.2, -0.15) is 0 Å². The number of ketones is 2. The second kappa shape index (κ2) is 7.42. The first-order valence-electron chi connectivity index (χ1n) is 11.6. The third kappa shape index (κ3) is 2.87. The van der Waals surface area contributed by atoms with Crippen LogP contribution in [-0.4, -0.2) is 29.4 Å². The van der Waals surface area contributed by atoms with Crippen LogP contribution in [0.25, 0.3) is 0 Å². The lowest BCUT2D eigenvalue weighted by Crippen LogP contribution is -2.60. The van der Waals surface area contributed by atoms with Crippen molar-refractivity contribution < 1.29 is 19.4 Å². The lowest BCUT2D eigenvalue weighted by molar-refractivity contribution is -0.159. The van der Waals surface area contributed by atoms with Gasteiger partial charge in [0.2, 0.25) is 0 Å². The van der Waals surface area contributed by atoms with E-state index >= 15 is 0 Å². The van der Waals surface area contributed by atoms with Gasteiger partial charge in [-0.15, -0.1) is 0 Å². The van der Waals surface area contributed by atoms with Gasteiger partial charge in [0.25, 0.3) is 0 Å². The maximum Gasteiger partial charge on any atom is 0.192 e. The number of aliphatic hydroxyl groups is 1. The third-order valence-corrected chi connectivity index (χ3v) is 8.93. The van der Waals surface area contributed by atoms with Crippen LogP contribution in [0.1, 0.15) is 57.4 Å². The van der Waals surface area contributed by atoms with Gasteiger partial charge in [0.15, 0.2) is 17.7 Å². The molecular formula is C26H32O4. The van der Waals surface area contributed by atoms with E-state index in [4.69, 9.17) is 4.74 Å². The van der Waals surface area contributed by atoms with Crippen LogP contribution in [0.2, 0.25) is 0 Å². The average molecular weight is 409 g/mol. The zero-order valence-electron chi connectivity index (χ0n) is 17.8. The molecule has 1 N–H and O–H groups in total. The highest BCUT2D eigenvalue weighted by atomic mass is 16.5. The van der Waals surface area contributed by atoms with Crippen molar-refractivity contribution in [3.8, 4) is 0 Å². The quantitative estimate of drug-likeness (QED) is 0.757. The minimum atomic E-state index is -1.10. The van der Waals surface area contributed by atoms with Crippen LogP contribution in [-0.2, 0) is 20.9 Å². The van der Waals surface area contributed by atoms with Crippen molar-refractivity contribution in [2.45, 2.75) is 64.6 Å². The molecule has 1 unspecified atom stereocenters. The maximum atomic E-state index is 13.8. The molecule has 4 heteroatoms. The second-order valence-corrected chi connectivity index (χ2v) is 10.2. The molecule has 30 heavy (non-hydrogen) atoms. The van der Waals surface area contributed by atoms with E-state index in [1.54, 1.807) is 6.08 Å². The van der Waals surface area contributed by atoms with Crippen molar-refractivity contribution in [2.24, 2.45) is 28.6 Å². The van der Waals surface area contributed by atoms with Crippen molar-refractivity contribution in [1.29, 1.82) is 0 Å². The fraction of sp³-hybridized carbons (Fsp3) is 0.615. The van der Waals surface area contributed by atoms with Gasteiger partial charge in [-0.3, -0.25) is 9.59 Å². The summed E-state index contributed by atoms with van der Waals surface area (Å²) in [7, 11) is 0. The predicted molar refractivity (Wildman–Crippen MR) is 114 cm³/mol. The summed E-state index contributed by atoms with van der Waals surface area (Å²) in [6.45, 7) is 2.44. The lowest BCUT2D eigenvalue weighted by Gasteiger charge is -2.57. The first-order chi connectivity index (χ1) is 14.5. The Morgan fingerprint density at radius 2 is 1.87 bits per heavy atom. The van der Waals surface area contributed by atoms with Crippen LogP contribution < -0.4 is 0 Å². The first-order valence-corrected chi connectivity index (χ1v) is 11.6. The van der Waals surface area contributed by atoms with Gasteiger partial charge in [-0.25, -0.2) is 0 Å². The molecule has 0 amide bonds. The molecule has 160 valence electrons. The van der Waals surface area contributed by atoms with Gasteiger partial charge in [0.1, 0.15) is 0 Å². The van der Waals surface area contributed by atoms with E-state index in [2.05, 4.69) is 6.92 Å². The summed E-state index contributed by atoms with van der Waals surface area (Å²) in [5.74, 6) is 0.773. The number of hydrogen-bond donors (Lipinski definition) is 1. The number of hydrogen-bond acceptors (Lipinski definition) is 4. The summed E-state index contributed by atoms with van der Waals surface area (Å²) in [6.07, 6.45) is 8.19. The average Bonchev–Trinajstić information content (AvgIpc) is 3.16. The number of Topliss-reactive ketones (excluding diaryl/α,β-unsaturated/α-hetero) is 1. The molecule has 0 heterocycles. The molecule has 4 nitrogen and oxygen atoms in total. The van der Waals surface area contributed by atoms with Gasteiger partial charge in [0, 0.05) is 0 Å². The fourth-order valence-corrected chi connectivity index (χ4v) is 7.44. The highest BCUT2D eigenvalue weighted by Gasteiger charge is 2.62. The topological polar surface area (TPSA) is 63.6 Å². The number of rotatable bonds is 4. The molecule has 0 aromatic heterocycles. The molecule has 0 aliphatic heterocycles. The Morgan fingerprint density at radius 3 is 2.63 bits per heavy atom. The second-order valence-electron chi connectivity index (χ2n) is 10.2. The molecule has 0 spiro atoms. The summed E-state index contributed by atoms with van der Waals surface area (Å²) >= 11 is 0. The highest BCUT2D eigenvalue weighted by Crippen LogP contribution is 2.64. The summed E-state index contributed by atoms with van der Waals surface area (Å²) in [5, 5.41) is 10.7. The highest BCUT2D eigenvalue weighted by molar-refractivity contribution is 6.16. The van der Waals surface area contributed by atoms with E-state index in [9.17, 15) is 14.7 Å². The van der Waals surface area contributed by atoms with Crippen molar-refractivity contribution in [2.75, 3.05) is 6.61 Å². The van der Waals surface area contributed by atoms with Crippen molar-refractivity contribution in [3.05, 3.63) is 47.5 Å². The maximum absolute atomic E-state index is 13.8. The van der Waals surface area contributed by atoms with Gasteiger partial charge >= 0.3 is 0 Å². The number of aliphatic hydroxyl groups excluding tert-OH is 1. The number of carbonyl (C=O) groups excluding carboxylic acids is 2. The number of carbonyl (C=O) groups is 2. The van der Waals surface area contributed by atoms with E-state index < -0.39 is 11.5 Å². The molecule has 3 saturated carbocycles. The van der Waals surface area contributed by atoms with E-state index in [0.717, 1.165) is 36.8 Å². The van der Waals surface area contributed by atoms with Gasteiger partial charge in [0.05, 0.1) is 18.6 Å². The SMILES string of the molecule is C[C@@]12CCC[C@H]1[C@@H]1CCC3=CC(=O)C(OCc4ccccc4)C(=O)[C@]3(CO)[C@H]1CC2. The van der Waals surface area contributed by atoms with Gasteiger partial charge in [-0.05, 0) is 73.3 Å². The smallest absolute Gasteiger partial charge is 0.192 e. The Balaban J connectivity index is 1.46. The van der Waals surface area contributed by atoms with Crippen molar-refractivity contribution in [1.82, 2.24) is 0 Å². The minimum absolute atomic E-state index is 0.127. The predicted octanol–water partition coefficient (Wildman–Crippen LogP) is 4.26. The molecular weight excluding hydrogens is 376 g/mol. The van der Waals surface area contributed by atoms with Crippen LogP contribution in [0.4, 0.5) is 0 Å². The largest absolute Gasteiger partial charge is 0.395 e. The minimum Gasteiger partial charge on any atom is -0.395 e. The van der Waals surface area contributed by atoms with E-state index in [0.29, 0.717) is 17.3 Å². The molecule has 4 aliphatic carbocycles. The standard InChI is InChI=1S/C26H32O4/c1-25-12-5-8-20(25)19-10-9-18-14-22(28)23(30-15-17-6-3-2-4-7-17)24(29)26(18,16-27)21(19)11-13-25/h2-4,6-7,14,19-21,23,27H,5,8-13,15-16H2,1H3/t19-,20-,21-,23?,25-,26-/m0/s1. The normalized spacial score (nSPS) is 40.4. The first kappa shape index (κ1) is 20.1. The Morgan fingerprint density at radius 1 is 1.07 bits per heavy atom. The third-order valence-electron chi connectivity index (χ3n) is 8.93. The van der Waals surface area contributed by atoms with Gasteiger partial charge < -0.3 is 9.84 Å². The van der Waals surface area contributed by atoms with Crippen molar-refractivity contribution >= 4 is 11.6 Å². The summed E-state index contributed by atoms with van der Waals surface area (Å²) < 4.78 is 5.90. The Hall–Kier alpha value is -1.78. The molecule has 6 atom stereocenters. The fourth-order valence-electron chi connectivity index (χ4n) is 7.44.